The number of aliphatic imine (C=N–C) groups is 1. The van der Waals surface area contributed by atoms with E-state index in [1.807, 2.05) is 36.4 Å². The van der Waals surface area contributed by atoms with Gasteiger partial charge in [-0.25, -0.2) is 9.79 Å². The number of likely N-dealkylation sites (N-methyl/N-ethyl adjacent to an activating group) is 1. The lowest BCUT2D eigenvalue weighted by Gasteiger charge is -2.09. The second-order valence-corrected chi connectivity index (χ2v) is 9.74. The molecule has 0 unspecified atom stereocenters. The van der Waals surface area contributed by atoms with Crippen LogP contribution in [0.2, 0.25) is 0 Å². The highest BCUT2D eigenvalue weighted by Gasteiger charge is 2.30. The van der Waals surface area contributed by atoms with Crippen molar-refractivity contribution >= 4 is 56.5 Å². The van der Waals surface area contributed by atoms with Crippen LogP contribution in [-0.4, -0.2) is 36.1 Å². The topological polar surface area (TPSA) is 68.2 Å². The molecule has 0 bridgehead atoms. The normalized spacial score (nSPS) is 15.7. The van der Waals surface area contributed by atoms with Crippen LogP contribution in [0.4, 0.5) is 5.69 Å². The highest BCUT2D eigenvalue weighted by molar-refractivity contribution is 9.10. The van der Waals surface area contributed by atoms with Crippen molar-refractivity contribution in [3.8, 4) is 5.75 Å². The van der Waals surface area contributed by atoms with E-state index in [1.54, 1.807) is 31.3 Å². The van der Waals surface area contributed by atoms with E-state index in [4.69, 9.17) is 9.47 Å². The Balaban J connectivity index is 1.46. The summed E-state index contributed by atoms with van der Waals surface area (Å²) in [5.74, 6) is 0.193. The van der Waals surface area contributed by atoms with Crippen molar-refractivity contribution in [1.29, 1.82) is 0 Å². The Hall–Kier alpha value is -3.36. The van der Waals surface area contributed by atoms with E-state index in [0.29, 0.717) is 27.9 Å². The second kappa shape index (κ2) is 10.9. The molecule has 6 nitrogen and oxygen atoms in total. The summed E-state index contributed by atoms with van der Waals surface area (Å²) in [6.07, 6.45) is 1.83. The van der Waals surface area contributed by atoms with E-state index < -0.39 is 5.97 Å². The predicted molar refractivity (Wildman–Crippen MR) is 143 cm³/mol. The molecule has 0 aliphatic carbocycles. The number of carbonyl (C=O) groups is 2. The second-order valence-electron chi connectivity index (χ2n) is 7.87. The Morgan fingerprint density at radius 2 is 1.80 bits per heavy atom. The SMILES string of the molecule is COC(=O)c1ccc(N=C2SC(=Cc3ccc(OCc4ccc(C)cc4)c(Br)c3)C(=O)N2C)cc1. The fourth-order valence-electron chi connectivity index (χ4n) is 3.27. The molecule has 1 aliphatic heterocycles. The summed E-state index contributed by atoms with van der Waals surface area (Å²) < 4.78 is 11.5. The summed E-state index contributed by atoms with van der Waals surface area (Å²) in [5, 5.41) is 0.559. The molecule has 1 saturated heterocycles. The number of amides is 1. The third kappa shape index (κ3) is 6.01. The Bertz CT molecular complexity index is 1320. The van der Waals surface area contributed by atoms with Crippen LogP contribution in [0.3, 0.4) is 0 Å². The van der Waals surface area contributed by atoms with Crippen LogP contribution in [0, 0.1) is 6.92 Å². The van der Waals surface area contributed by atoms with Crippen molar-refractivity contribution < 1.29 is 19.1 Å². The van der Waals surface area contributed by atoms with Gasteiger partial charge in [-0.1, -0.05) is 35.9 Å². The van der Waals surface area contributed by atoms with Gasteiger partial charge in [0.2, 0.25) is 0 Å². The Labute approximate surface area is 216 Å². The molecule has 1 fully saturated rings. The van der Waals surface area contributed by atoms with Crippen LogP contribution >= 0.6 is 27.7 Å². The monoisotopic (exact) mass is 550 g/mol. The van der Waals surface area contributed by atoms with Crippen LogP contribution < -0.4 is 4.74 Å². The van der Waals surface area contributed by atoms with Crippen LogP contribution in [0.1, 0.15) is 27.0 Å². The predicted octanol–water partition coefficient (Wildman–Crippen LogP) is 6.36. The molecule has 3 aromatic rings. The minimum absolute atomic E-state index is 0.129. The first-order chi connectivity index (χ1) is 16.8. The molecule has 1 aliphatic rings. The first kappa shape index (κ1) is 24.8. The van der Waals surface area contributed by atoms with Gasteiger partial charge in [-0.15, -0.1) is 0 Å². The number of carbonyl (C=O) groups excluding carboxylic acids is 2. The number of ether oxygens (including phenoxy) is 2. The Kier molecular flexibility index (Phi) is 7.73. The van der Waals surface area contributed by atoms with Gasteiger partial charge in [-0.05, 0) is 88.2 Å². The van der Waals surface area contributed by atoms with Crippen molar-refractivity contribution in [2.24, 2.45) is 4.99 Å². The van der Waals surface area contributed by atoms with E-state index >= 15 is 0 Å². The number of methoxy groups -OCH3 is 1. The number of halogens is 1. The molecule has 0 aromatic heterocycles. The maximum Gasteiger partial charge on any atom is 0.337 e. The lowest BCUT2D eigenvalue weighted by molar-refractivity contribution is -0.121. The molecule has 1 amide bonds. The third-order valence-electron chi connectivity index (χ3n) is 5.29. The quantitative estimate of drug-likeness (QED) is 0.264. The van der Waals surface area contributed by atoms with E-state index in [9.17, 15) is 9.59 Å². The molecule has 8 heteroatoms. The zero-order chi connectivity index (χ0) is 24.9. The number of amidine groups is 1. The molecule has 178 valence electrons. The van der Waals surface area contributed by atoms with Crippen LogP contribution in [0.15, 0.2) is 81.1 Å². The largest absolute Gasteiger partial charge is 0.488 e. The van der Waals surface area contributed by atoms with Crippen LogP contribution in [-0.2, 0) is 16.1 Å². The number of aryl methyl sites for hydroxylation is 1. The number of hydrogen-bond donors (Lipinski definition) is 0. The van der Waals surface area contributed by atoms with Crippen molar-refractivity contribution in [2.45, 2.75) is 13.5 Å². The van der Waals surface area contributed by atoms with Crippen molar-refractivity contribution in [2.75, 3.05) is 14.2 Å². The first-order valence-electron chi connectivity index (χ1n) is 10.8. The van der Waals surface area contributed by atoms with Gasteiger partial charge >= 0.3 is 5.97 Å². The fraction of sp³-hybridized carbons (Fsp3) is 0.148. The molecule has 0 radical (unpaired) electrons. The molecule has 0 atom stereocenters. The van der Waals surface area contributed by atoms with Gasteiger partial charge in [0, 0.05) is 7.05 Å². The third-order valence-corrected chi connectivity index (χ3v) is 6.97. The van der Waals surface area contributed by atoms with E-state index in [0.717, 1.165) is 21.3 Å². The molecule has 3 aromatic carbocycles. The van der Waals surface area contributed by atoms with Gasteiger partial charge in [0.05, 0.1) is 27.7 Å². The van der Waals surface area contributed by atoms with Crippen molar-refractivity contribution in [1.82, 2.24) is 4.90 Å². The smallest absolute Gasteiger partial charge is 0.337 e. The minimum atomic E-state index is -0.408. The van der Waals surface area contributed by atoms with Gasteiger partial charge in [0.15, 0.2) is 5.17 Å². The van der Waals surface area contributed by atoms with Crippen molar-refractivity contribution in [3.63, 3.8) is 0 Å². The summed E-state index contributed by atoms with van der Waals surface area (Å²) >= 11 is 4.87. The lowest BCUT2D eigenvalue weighted by atomic mass is 10.1. The minimum Gasteiger partial charge on any atom is -0.488 e. The maximum atomic E-state index is 12.8. The zero-order valence-electron chi connectivity index (χ0n) is 19.4. The van der Waals surface area contributed by atoms with E-state index in [-0.39, 0.29) is 5.91 Å². The number of benzene rings is 3. The molecular weight excluding hydrogens is 528 g/mol. The average molecular weight is 551 g/mol. The summed E-state index contributed by atoms with van der Waals surface area (Å²) in [6, 6.07) is 20.7. The standard InChI is InChI=1S/C27H23BrN2O4S/c1-17-4-6-18(7-5-17)16-34-23-13-8-19(14-22(23)28)15-24-25(31)30(2)27(35-24)29-21-11-9-20(10-12-21)26(32)33-3/h4-15H,16H2,1-3H3. The highest BCUT2D eigenvalue weighted by Crippen LogP contribution is 2.34. The Morgan fingerprint density at radius 1 is 1.09 bits per heavy atom. The number of nitrogens with zero attached hydrogens (tertiary/aromatic N) is 2. The molecule has 0 spiro atoms. The molecular formula is C27H23BrN2O4S. The summed E-state index contributed by atoms with van der Waals surface area (Å²) in [6.45, 7) is 2.52. The number of hydrogen-bond acceptors (Lipinski definition) is 6. The molecule has 0 N–H and O–H groups in total. The molecule has 0 saturated carbocycles. The molecule has 4 rings (SSSR count). The Morgan fingerprint density at radius 3 is 2.46 bits per heavy atom. The van der Waals surface area contributed by atoms with Crippen LogP contribution in [0.5, 0.6) is 5.75 Å². The van der Waals surface area contributed by atoms with Gasteiger partial charge < -0.3 is 9.47 Å². The van der Waals surface area contributed by atoms with Gasteiger partial charge in [0.25, 0.3) is 5.91 Å². The molecule has 35 heavy (non-hydrogen) atoms. The fourth-order valence-corrected chi connectivity index (χ4v) is 4.77. The summed E-state index contributed by atoms with van der Waals surface area (Å²) in [4.78, 5) is 31.0. The molecule has 1 heterocycles. The zero-order valence-corrected chi connectivity index (χ0v) is 21.9. The summed E-state index contributed by atoms with van der Waals surface area (Å²) in [5.41, 5.74) is 4.25. The van der Waals surface area contributed by atoms with Crippen LogP contribution in [0.25, 0.3) is 6.08 Å². The van der Waals surface area contributed by atoms with E-state index in [1.165, 1.54) is 29.3 Å². The van der Waals surface area contributed by atoms with Gasteiger partial charge in [0.1, 0.15) is 12.4 Å². The maximum absolute atomic E-state index is 12.8. The summed E-state index contributed by atoms with van der Waals surface area (Å²) in [7, 11) is 3.03. The lowest BCUT2D eigenvalue weighted by Crippen LogP contribution is -2.23. The first-order valence-corrected chi connectivity index (χ1v) is 12.4. The van der Waals surface area contributed by atoms with Gasteiger partial charge in [-0.3, -0.25) is 9.69 Å². The number of thioether (sulfide) groups is 1. The number of rotatable bonds is 6. The van der Waals surface area contributed by atoms with Crippen molar-refractivity contribution in [3.05, 3.63) is 98.4 Å². The highest BCUT2D eigenvalue weighted by atomic mass is 79.9. The van der Waals surface area contributed by atoms with E-state index in [2.05, 4.69) is 40.0 Å². The number of esters is 1. The average Bonchev–Trinajstić information content (AvgIpc) is 3.12. The van der Waals surface area contributed by atoms with Gasteiger partial charge in [-0.2, -0.15) is 0 Å².